The molecule has 0 saturated carbocycles. The van der Waals surface area contributed by atoms with E-state index < -0.39 is 0 Å². The Labute approximate surface area is 101 Å². The normalized spacial score (nSPS) is 10.9. The van der Waals surface area contributed by atoms with Crippen molar-refractivity contribution in [2.75, 3.05) is 5.32 Å². The molecule has 0 aliphatic carbocycles. The quantitative estimate of drug-likeness (QED) is 0.755. The van der Waals surface area contributed by atoms with Gasteiger partial charge < -0.3 is 8.98 Å². The van der Waals surface area contributed by atoms with Crippen molar-refractivity contribution in [3.8, 4) is 0 Å². The van der Waals surface area contributed by atoms with Crippen LogP contribution in [0.15, 0.2) is 29.0 Å². The predicted molar refractivity (Wildman–Crippen MR) is 63.3 cm³/mol. The molecule has 3 aromatic rings. The number of nitrogens with one attached hydrogen (secondary N) is 1. The van der Waals surface area contributed by atoms with Crippen molar-refractivity contribution in [3.05, 3.63) is 29.6 Å². The minimum absolute atomic E-state index is 0.300. The van der Waals surface area contributed by atoms with Crippen LogP contribution in [0.25, 0.3) is 11.0 Å². The van der Waals surface area contributed by atoms with Gasteiger partial charge in [-0.3, -0.25) is 5.32 Å². The second-order valence-corrected chi connectivity index (χ2v) is 3.93. The first-order valence-corrected chi connectivity index (χ1v) is 5.27. The number of imidazole rings is 1. The Morgan fingerprint density at radius 3 is 3.06 bits per heavy atom. The Morgan fingerprint density at radius 2 is 2.29 bits per heavy atom. The molecule has 17 heavy (non-hydrogen) atoms. The molecular formula is C10H8ClN5O. The third-order valence-corrected chi connectivity index (χ3v) is 2.66. The molecule has 0 amide bonds. The minimum Gasteiger partial charge on any atom is -0.411 e. The van der Waals surface area contributed by atoms with E-state index in [0.29, 0.717) is 17.0 Å². The van der Waals surface area contributed by atoms with Crippen LogP contribution in [0, 0.1) is 0 Å². The van der Waals surface area contributed by atoms with Crippen molar-refractivity contribution in [3.63, 3.8) is 0 Å². The van der Waals surface area contributed by atoms with E-state index in [1.54, 1.807) is 6.07 Å². The smallest absolute Gasteiger partial charge is 0.322 e. The molecule has 2 heterocycles. The van der Waals surface area contributed by atoms with Crippen molar-refractivity contribution < 1.29 is 4.42 Å². The van der Waals surface area contributed by atoms with E-state index in [0.717, 1.165) is 11.0 Å². The van der Waals surface area contributed by atoms with E-state index in [1.165, 1.54) is 6.39 Å². The SMILES string of the molecule is Cn1c(Nc2nnco2)nc2ccc(Cl)cc21. The molecule has 0 atom stereocenters. The number of aryl methyl sites for hydroxylation is 1. The fourth-order valence-corrected chi connectivity index (χ4v) is 1.76. The molecule has 7 heteroatoms. The monoisotopic (exact) mass is 249 g/mol. The summed E-state index contributed by atoms with van der Waals surface area (Å²) in [6.45, 7) is 0. The van der Waals surface area contributed by atoms with Crippen LogP contribution in [0.5, 0.6) is 0 Å². The zero-order valence-corrected chi connectivity index (χ0v) is 9.64. The van der Waals surface area contributed by atoms with Gasteiger partial charge in [-0.25, -0.2) is 4.98 Å². The van der Waals surface area contributed by atoms with E-state index in [2.05, 4.69) is 20.5 Å². The number of fused-ring (bicyclic) bond motifs is 1. The van der Waals surface area contributed by atoms with Crippen LogP contribution in [0.3, 0.4) is 0 Å². The van der Waals surface area contributed by atoms with Crippen LogP contribution < -0.4 is 5.32 Å². The first kappa shape index (κ1) is 10.1. The number of halogens is 1. The van der Waals surface area contributed by atoms with Crippen molar-refractivity contribution in [1.82, 2.24) is 19.7 Å². The largest absolute Gasteiger partial charge is 0.411 e. The molecule has 0 unspecified atom stereocenters. The second kappa shape index (κ2) is 3.74. The van der Waals surface area contributed by atoms with Crippen LogP contribution in [0.4, 0.5) is 12.0 Å². The molecule has 1 N–H and O–H groups in total. The highest BCUT2D eigenvalue weighted by molar-refractivity contribution is 6.31. The van der Waals surface area contributed by atoms with Crippen molar-refractivity contribution in [1.29, 1.82) is 0 Å². The number of nitrogens with zero attached hydrogens (tertiary/aromatic N) is 4. The van der Waals surface area contributed by atoms with Gasteiger partial charge in [-0.05, 0) is 18.2 Å². The summed E-state index contributed by atoms with van der Waals surface area (Å²) in [6.07, 6.45) is 1.25. The Hall–Kier alpha value is -2.08. The average Bonchev–Trinajstić information content (AvgIpc) is 2.91. The first-order valence-electron chi connectivity index (χ1n) is 4.89. The highest BCUT2D eigenvalue weighted by atomic mass is 35.5. The summed E-state index contributed by atoms with van der Waals surface area (Å²) in [4.78, 5) is 4.39. The minimum atomic E-state index is 0.300. The van der Waals surface area contributed by atoms with Gasteiger partial charge in [-0.2, -0.15) is 0 Å². The summed E-state index contributed by atoms with van der Waals surface area (Å²) >= 11 is 5.94. The maximum atomic E-state index is 5.94. The molecule has 2 aromatic heterocycles. The second-order valence-electron chi connectivity index (χ2n) is 3.50. The van der Waals surface area contributed by atoms with Crippen LogP contribution in [-0.4, -0.2) is 19.7 Å². The van der Waals surface area contributed by atoms with Gasteiger partial charge in [0.05, 0.1) is 11.0 Å². The lowest BCUT2D eigenvalue weighted by Gasteiger charge is -2.00. The van der Waals surface area contributed by atoms with Crippen molar-refractivity contribution in [2.45, 2.75) is 0 Å². The van der Waals surface area contributed by atoms with E-state index >= 15 is 0 Å². The number of anilines is 2. The number of hydrogen-bond acceptors (Lipinski definition) is 5. The van der Waals surface area contributed by atoms with Crippen LogP contribution in [0.2, 0.25) is 5.02 Å². The van der Waals surface area contributed by atoms with E-state index in [4.69, 9.17) is 16.0 Å². The number of benzene rings is 1. The van der Waals surface area contributed by atoms with Gasteiger partial charge in [0.1, 0.15) is 0 Å². The molecule has 0 saturated heterocycles. The maximum Gasteiger partial charge on any atom is 0.322 e. The maximum absolute atomic E-state index is 5.94. The van der Waals surface area contributed by atoms with Gasteiger partial charge in [0.2, 0.25) is 12.3 Å². The van der Waals surface area contributed by atoms with E-state index in [-0.39, 0.29) is 0 Å². The van der Waals surface area contributed by atoms with Crippen LogP contribution in [-0.2, 0) is 7.05 Å². The zero-order chi connectivity index (χ0) is 11.8. The lowest BCUT2D eigenvalue weighted by molar-refractivity contribution is 0.570. The first-order chi connectivity index (χ1) is 8.24. The Morgan fingerprint density at radius 1 is 1.41 bits per heavy atom. The van der Waals surface area contributed by atoms with E-state index in [9.17, 15) is 0 Å². The number of hydrogen-bond donors (Lipinski definition) is 1. The molecule has 0 fully saturated rings. The number of rotatable bonds is 2. The topological polar surface area (TPSA) is 68.8 Å². The molecule has 6 nitrogen and oxygen atoms in total. The van der Waals surface area contributed by atoms with Crippen molar-refractivity contribution >= 4 is 34.6 Å². The molecule has 0 aliphatic rings. The summed E-state index contributed by atoms with van der Waals surface area (Å²) < 4.78 is 6.87. The molecule has 0 bridgehead atoms. The molecule has 0 aliphatic heterocycles. The number of aromatic nitrogens is 4. The Balaban J connectivity index is 2.08. The van der Waals surface area contributed by atoms with Gasteiger partial charge in [0.15, 0.2) is 0 Å². The van der Waals surface area contributed by atoms with Crippen molar-refractivity contribution in [2.24, 2.45) is 7.05 Å². The van der Waals surface area contributed by atoms with Gasteiger partial charge in [-0.15, -0.1) is 5.10 Å². The van der Waals surface area contributed by atoms with Gasteiger partial charge >= 0.3 is 6.01 Å². The summed E-state index contributed by atoms with van der Waals surface area (Å²) in [5.41, 5.74) is 1.78. The third kappa shape index (κ3) is 1.72. The molecular weight excluding hydrogens is 242 g/mol. The van der Waals surface area contributed by atoms with Crippen LogP contribution >= 0.6 is 11.6 Å². The summed E-state index contributed by atoms with van der Waals surface area (Å²) in [5.74, 6) is 0.617. The lowest BCUT2D eigenvalue weighted by Crippen LogP contribution is -1.99. The van der Waals surface area contributed by atoms with Gasteiger partial charge in [0, 0.05) is 12.1 Å². The zero-order valence-electron chi connectivity index (χ0n) is 8.88. The molecule has 3 rings (SSSR count). The van der Waals surface area contributed by atoms with Gasteiger partial charge in [0.25, 0.3) is 0 Å². The fourth-order valence-electron chi connectivity index (χ4n) is 1.60. The third-order valence-electron chi connectivity index (χ3n) is 2.42. The molecule has 86 valence electrons. The van der Waals surface area contributed by atoms with E-state index in [1.807, 2.05) is 23.7 Å². The van der Waals surface area contributed by atoms with Gasteiger partial charge in [-0.1, -0.05) is 16.7 Å². The Bertz CT molecular complexity index is 661. The summed E-state index contributed by atoms with van der Waals surface area (Å²) in [5, 5.41) is 10.9. The highest BCUT2D eigenvalue weighted by Crippen LogP contribution is 2.23. The lowest BCUT2D eigenvalue weighted by atomic mass is 10.3. The Kier molecular flexibility index (Phi) is 2.22. The highest BCUT2D eigenvalue weighted by Gasteiger charge is 2.09. The average molecular weight is 250 g/mol. The summed E-state index contributed by atoms with van der Waals surface area (Å²) in [6, 6.07) is 5.81. The molecule has 0 radical (unpaired) electrons. The summed E-state index contributed by atoms with van der Waals surface area (Å²) in [7, 11) is 1.88. The molecule has 0 spiro atoms. The van der Waals surface area contributed by atoms with Crippen LogP contribution in [0.1, 0.15) is 0 Å². The molecule has 1 aromatic carbocycles. The predicted octanol–water partition coefficient (Wildman–Crippen LogP) is 2.35. The standard InChI is InChI=1S/C10H8ClN5O/c1-16-8-4-6(11)2-3-7(8)13-9(16)14-10-15-12-5-17-10/h2-5H,1H3,(H,13,14,15). The fraction of sp³-hybridized carbons (Fsp3) is 0.100.